The van der Waals surface area contributed by atoms with Crippen LogP contribution in [0.2, 0.25) is 0 Å². The van der Waals surface area contributed by atoms with E-state index in [-0.39, 0.29) is 18.1 Å². The third kappa shape index (κ3) is 2.81. The van der Waals surface area contributed by atoms with Crippen molar-refractivity contribution in [1.29, 1.82) is 0 Å². The molecule has 23 heavy (non-hydrogen) atoms. The molecule has 3 heterocycles. The van der Waals surface area contributed by atoms with Crippen LogP contribution in [0.3, 0.4) is 0 Å². The Morgan fingerprint density at radius 1 is 1.43 bits per heavy atom. The van der Waals surface area contributed by atoms with Gasteiger partial charge in [-0.15, -0.1) is 0 Å². The van der Waals surface area contributed by atoms with Gasteiger partial charge in [0.2, 0.25) is 0 Å². The number of piperidine rings is 2. The summed E-state index contributed by atoms with van der Waals surface area (Å²) in [4.78, 5) is 20.8. The number of hydrogen-bond donors (Lipinski definition) is 2. The van der Waals surface area contributed by atoms with Gasteiger partial charge >= 0.3 is 0 Å². The Morgan fingerprint density at radius 2 is 2.22 bits per heavy atom. The fourth-order valence-corrected chi connectivity index (χ4v) is 4.19. The number of aryl methyl sites for hydroxylation is 1. The number of anilines is 1. The molecule has 0 unspecified atom stereocenters. The van der Waals surface area contributed by atoms with Crippen molar-refractivity contribution in [3.63, 3.8) is 0 Å². The molecule has 0 spiro atoms. The highest BCUT2D eigenvalue weighted by Gasteiger charge is 2.46. The van der Waals surface area contributed by atoms with Crippen LogP contribution in [0.25, 0.3) is 0 Å². The van der Waals surface area contributed by atoms with Crippen molar-refractivity contribution in [2.24, 2.45) is 11.1 Å². The Hall–Kier alpha value is -1.66. The van der Waals surface area contributed by atoms with Crippen LogP contribution in [0.1, 0.15) is 35.3 Å². The zero-order valence-electron chi connectivity index (χ0n) is 14.0. The lowest BCUT2D eigenvalue weighted by Gasteiger charge is -2.54. The molecule has 6 nitrogen and oxygen atoms in total. The molecular formula is C17H26N4O2. The van der Waals surface area contributed by atoms with Gasteiger partial charge in [-0.05, 0) is 51.9 Å². The van der Waals surface area contributed by atoms with Gasteiger partial charge in [-0.3, -0.25) is 4.79 Å². The molecule has 126 valence electrons. The Kier molecular flexibility index (Phi) is 4.29. The van der Waals surface area contributed by atoms with Crippen LogP contribution in [0.15, 0.2) is 12.1 Å². The maximum atomic E-state index is 11.7. The summed E-state index contributed by atoms with van der Waals surface area (Å²) < 4.78 is 0. The quantitative estimate of drug-likeness (QED) is 0.860. The highest BCUT2D eigenvalue weighted by atomic mass is 16.3. The minimum atomic E-state index is -0.441. The molecule has 3 N–H and O–H groups in total. The van der Waals surface area contributed by atoms with Crippen molar-refractivity contribution in [3.8, 4) is 0 Å². The molecular weight excluding hydrogens is 292 g/mol. The molecule has 6 heteroatoms. The summed E-state index contributed by atoms with van der Waals surface area (Å²) in [5.41, 5.74) is 6.85. The zero-order valence-corrected chi connectivity index (χ0v) is 14.0. The number of pyridine rings is 1. The van der Waals surface area contributed by atoms with Crippen LogP contribution < -0.4 is 10.6 Å². The van der Waals surface area contributed by atoms with Crippen molar-refractivity contribution < 1.29 is 9.90 Å². The number of aliphatic hydroxyl groups is 1. The molecule has 2 atom stereocenters. The lowest BCUT2D eigenvalue weighted by Crippen LogP contribution is -2.61. The average molecular weight is 318 g/mol. The number of likely N-dealkylation sites (tertiary alicyclic amines) is 1. The molecule has 2 fully saturated rings. The van der Waals surface area contributed by atoms with E-state index < -0.39 is 5.91 Å². The van der Waals surface area contributed by atoms with E-state index in [1.165, 1.54) is 0 Å². The van der Waals surface area contributed by atoms with Crippen LogP contribution in [0.5, 0.6) is 0 Å². The predicted octanol–water partition coefficient (Wildman–Crippen LogP) is 0.772. The molecule has 2 aliphatic heterocycles. The number of aliphatic hydroxyl groups excluding tert-OH is 1. The van der Waals surface area contributed by atoms with E-state index >= 15 is 0 Å². The average Bonchev–Trinajstić information content (AvgIpc) is 2.54. The molecule has 0 saturated carbocycles. The first-order valence-electron chi connectivity index (χ1n) is 8.30. The molecule has 1 aromatic heterocycles. The van der Waals surface area contributed by atoms with E-state index in [1.54, 1.807) is 6.07 Å². The van der Waals surface area contributed by atoms with Gasteiger partial charge in [0, 0.05) is 30.2 Å². The monoisotopic (exact) mass is 318 g/mol. The van der Waals surface area contributed by atoms with E-state index in [0.717, 1.165) is 44.6 Å². The van der Waals surface area contributed by atoms with E-state index in [4.69, 9.17) is 5.73 Å². The number of likely N-dealkylation sites (N-methyl/N-ethyl adjacent to an activating group) is 1. The molecule has 2 saturated heterocycles. The van der Waals surface area contributed by atoms with E-state index in [9.17, 15) is 9.90 Å². The maximum Gasteiger partial charge on any atom is 0.252 e. The minimum absolute atomic E-state index is 0.0276. The number of carbonyl (C=O) groups excluding carboxylic acids is 1. The van der Waals surface area contributed by atoms with Crippen molar-refractivity contribution in [2.75, 3.05) is 38.2 Å². The highest BCUT2D eigenvalue weighted by molar-refractivity contribution is 5.97. The molecule has 1 amide bonds. The number of hydrogen-bond acceptors (Lipinski definition) is 5. The number of primary amides is 1. The van der Waals surface area contributed by atoms with Gasteiger partial charge in [0.05, 0.1) is 12.2 Å². The lowest BCUT2D eigenvalue weighted by molar-refractivity contribution is -0.0277. The van der Waals surface area contributed by atoms with Crippen LogP contribution in [-0.2, 0) is 0 Å². The van der Waals surface area contributed by atoms with E-state index in [2.05, 4.69) is 21.8 Å². The third-order valence-electron chi connectivity index (χ3n) is 5.59. The third-order valence-corrected chi connectivity index (χ3v) is 5.59. The number of carbonyl (C=O) groups is 1. The van der Waals surface area contributed by atoms with Crippen molar-refractivity contribution in [2.45, 2.75) is 32.2 Å². The largest absolute Gasteiger partial charge is 0.396 e. The number of nitrogens with zero attached hydrogens (tertiary/aromatic N) is 3. The fourth-order valence-electron chi connectivity index (χ4n) is 4.19. The fraction of sp³-hybridized carbons (Fsp3) is 0.647. The van der Waals surface area contributed by atoms with Crippen molar-refractivity contribution >= 4 is 11.7 Å². The Balaban J connectivity index is 1.92. The van der Waals surface area contributed by atoms with E-state index in [0.29, 0.717) is 11.4 Å². The summed E-state index contributed by atoms with van der Waals surface area (Å²) in [7, 11) is 2.12. The van der Waals surface area contributed by atoms with Gasteiger partial charge in [-0.1, -0.05) is 0 Å². The summed E-state index contributed by atoms with van der Waals surface area (Å²) >= 11 is 0. The zero-order chi connectivity index (χ0) is 16.6. The van der Waals surface area contributed by atoms with Crippen LogP contribution in [0.4, 0.5) is 5.82 Å². The first kappa shape index (κ1) is 16.2. The number of nitrogens with two attached hydrogens (primary N) is 1. The van der Waals surface area contributed by atoms with Gasteiger partial charge in [0.1, 0.15) is 5.82 Å². The second-order valence-corrected chi connectivity index (χ2v) is 7.00. The first-order valence-corrected chi connectivity index (χ1v) is 8.30. The van der Waals surface area contributed by atoms with Gasteiger partial charge in [-0.2, -0.15) is 0 Å². The highest BCUT2D eigenvalue weighted by Crippen LogP contribution is 2.42. The van der Waals surface area contributed by atoms with Crippen LogP contribution in [-0.4, -0.2) is 60.2 Å². The van der Waals surface area contributed by atoms with Crippen LogP contribution >= 0.6 is 0 Å². The SMILES string of the molecule is Cc1ccc(C(N)=O)c(N2CC[C@@]3(CO)CCCN(C)[C@@H]3C2)n1. The Bertz CT molecular complexity index is 606. The number of aromatic nitrogens is 1. The summed E-state index contributed by atoms with van der Waals surface area (Å²) in [6, 6.07) is 3.86. The van der Waals surface area contributed by atoms with Crippen molar-refractivity contribution in [1.82, 2.24) is 9.88 Å². The smallest absolute Gasteiger partial charge is 0.252 e. The summed E-state index contributed by atoms with van der Waals surface area (Å²) in [5.74, 6) is 0.242. The lowest BCUT2D eigenvalue weighted by atomic mass is 9.69. The molecule has 3 rings (SSSR count). The van der Waals surface area contributed by atoms with Gasteiger partial charge in [0.25, 0.3) is 5.91 Å². The predicted molar refractivity (Wildman–Crippen MR) is 89.5 cm³/mol. The second kappa shape index (κ2) is 6.09. The minimum Gasteiger partial charge on any atom is -0.396 e. The van der Waals surface area contributed by atoms with Gasteiger partial charge in [0.15, 0.2) is 0 Å². The summed E-state index contributed by atoms with van der Waals surface area (Å²) in [6.45, 7) is 4.75. The molecule has 2 aliphatic rings. The van der Waals surface area contributed by atoms with Crippen LogP contribution in [0, 0.1) is 12.3 Å². The maximum absolute atomic E-state index is 11.7. The second-order valence-electron chi connectivity index (χ2n) is 7.00. The normalized spacial score (nSPS) is 28.5. The Labute approximate surface area is 137 Å². The summed E-state index contributed by atoms with van der Waals surface area (Å²) in [5, 5.41) is 10.0. The number of amides is 1. The molecule has 0 aromatic carbocycles. The topological polar surface area (TPSA) is 82.7 Å². The van der Waals surface area contributed by atoms with E-state index in [1.807, 2.05) is 13.0 Å². The molecule has 1 aromatic rings. The van der Waals surface area contributed by atoms with Crippen molar-refractivity contribution in [3.05, 3.63) is 23.4 Å². The number of fused-ring (bicyclic) bond motifs is 1. The summed E-state index contributed by atoms with van der Waals surface area (Å²) in [6.07, 6.45) is 3.10. The standard InChI is InChI=1S/C17H26N4O2/c1-12-4-5-13(15(18)23)16(19-12)21-9-7-17(11-22)6-3-8-20(2)14(17)10-21/h4-5,14,22H,3,6-11H2,1-2H3,(H2,18,23)/t14-,17-/m1/s1. The van der Waals surface area contributed by atoms with Gasteiger partial charge < -0.3 is 20.6 Å². The first-order chi connectivity index (χ1) is 11.0. The molecule has 0 bridgehead atoms. The molecule has 0 radical (unpaired) electrons. The molecule has 0 aliphatic carbocycles. The number of rotatable bonds is 3. The Morgan fingerprint density at radius 3 is 2.91 bits per heavy atom. The van der Waals surface area contributed by atoms with Gasteiger partial charge in [-0.25, -0.2) is 4.98 Å².